The summed E-state index contributed by atoms with van der Waals surface area (Å²) < 4.78 is 0. The van der Waals surface area contributed by atoms with Gasteiger partial charge in [0.25, 0.3) is 0 Å². The normalized spacial score (nSPS) is 19.2. The highest BCUT2D eigenvalue weighted by Gasteiger charge is 2.12. The molecule has 0 spiro atoms. The second-order valence-electron chi connectivity index (χ2n) is 4.75. The Labute approximate surface area is 108 Å². The third kappa shape index (κ3) is 4.37. The number of piperidine rings is 1. The van der Waals surface area contributed by atoms with Crippen LogP contribution in [-0.4, -0.2) is 25.7 Å². The second kappa shape index (κ2) is 7.01. The Kier molecular flexibility index (Phi) is 5.02. The van der Waals surface area contributed by atoms with E-state index in [4.69, 9.17) is 0 Å². The van der Waals surface area contributed by atoms with Gasteiger partial charge >= 0.3 is 6.03 Å². The Hall–Kier alpha value is -1.55. The maximum atomic E-state index is 11.6. The van der Waals surface area contributed by atoms with Crippen LogP contribution in [0.3, 0.4) is 0 Å². The van der Waals surface area contributed by atoms with Crippen LogP contribution in [0.4, 0.5) is 10.5 Å². The van der Waals surface area contributed by atoms with Crippen LogP contribution in [0.15, 0.2) is 30.3 Å². The molecule has 3 N–H and O–H groups in total. The number of hydrogen-bond acceptors (Lipinski definition) is 2. The largest absolute Gasteiger partial charge is 0.338 e. The molecule has 1 aromatic carbocycles. The first kappa shape index (κ1) is 12.9. The Morgan fingerprint density at radius 2 is 2.17 bits per heavy atom. The van der Waals surface area contributed by atoms with Crippen molar-refractivity contribution in [3.8, 4) is 0 Å². The standard InChI is InChI=1S/C14H21N3O/c18-14(17-13-6-2-1-3-7-13)16-10-8-12-5-4-9-15-11-12/h1-3,6-7,12,15H,4-5,8-11H2,(H2,16,17,18). The molecule has 1 aromatic rings. The van der Waals surface area contributed by atoms with Crippen LogP contribution in [0.5, 0.6) is 0 Å². The number of anilines is 1. The molecule has 1 aliphatic heterocycles. The number of para-hydroxylation sites is 1. The van der Waals surface area contributed by atoms with Crippen molar-refractivity contribution in [3.63, 3.8) is 0 Å². The van der Waals surface area contributed by atoms with E-state index in [1.54, 1.807) is 0 Å². The van der Waals surface area contributed by atoms with Crippen molar-refractivity contribution in [1.29, 1.82) is 0 Å². The van der Waals surface area contributed by atoms with E-state index in [0.717, 1.165) is 31.7 Å². The fourth-order valence-corrected chi connectivity index (χ4v) is 2.26. The summed E-state index contributed by atoms with van der Waals surface area (Å²) in [7, 11) is 0. The van der Waals surface area contributed by atoms with Crippen LogP contribution in [0.1, 0.15) is 19.3 Å². The molecule has 98 valence electrons. The number of carbonyl (C=O) groups excluding carboxylic acids is 1. The third-order valence-electron chi connectivity index (χ3n) is 3.27. The van der Waals surface area contributed by atoms with E-state index in [9.17, 15) is 4.79 Å². The van der Waals surface area contributed by atoms with Crippen molar-refractivity contribution >= 4 is 11.7 Å². The monoisotopic (exact) mass is 247 g/mol. The molecule has 0 saturated carbocycles. The van der Waals surface area contributed by atoms with Crippen molar-refractivity contribution in [3.05, 3.63) is 30.3 Å². The van der Waals surface area contributed by atoms with Crippen LogP contribution >= 0.6 is 0 Å². The highest BCUT2D eigenvalue weighted by Crippen LogP contribution is 2.12. The third-order valence-corrected chi connectivity index (χ3v) is 3.27. The van der Waals surface area contributed by atoms with Crippen molar-refractivity contribution in [2.75, 3.05) is 25.0 Å². The molecule has 0 aliphatic carbocycles. The van der Waals surface area contributed by atoms with Crippen molar-refractivity contribution < 1.29 is 4.79 Å². The Morgan fingerprint density at radius 3 is 2.89 bits per heavy atom. The van der Waals surface area contributed by atoms with Crippen LogP contribution in [0.25, 0.3) is 0 Å². The van der Waals surface area contributed by atoms with E-state index in [1.165, 1.54) is 12.8 Å². The smallest absolute Gasteiger partial charge is 0.319 e. The van der Waals surface area contributed by atoms with Crippen molar-refractivity contribution in [2.45, 2.75) is 19.3 Å². The van der Waals surface area contributed by atoms with E-state index in [0.29, 0.717) is 5.92 Å². The van der Waals surface area contributed by atoms with Gasteiger partial charge in [0.2, 0.25) is 0 Å². The van der Waals surface area contributed by atoms with Gasteiger partial charge in [-0.15, -0.1) is 0 Å². The lowest BCUT2D eigenvalue weighted by Gasteiger charge is -2.22. The lowest BCUT2D eigenvalue weighted by atomic mass is 9.96. The minimum atomic E-state index is -0.120. The number of carbonyl (C=O) groups is 1. The fraction of sp³-hybridized carbons (Fsp3) is 0.500. The van der Waals surface area contributed by atoms with Gasteiger partial charge in [-0.1, -0.05) is 18.2 Å². The average Bonchev–Trinajstić information content (AvgIpc) is 2.41. The lowest BCUT2D eigenvalue weighted by molar-refractivity contribution is 0.250. The molecule has 1 heterocycles. The zero-order valence-corrected chi connectivity index (χ0v) is 10.6. The summed E-state index contributed by atoms with van der Waals surface area (Å²) >= 11 is 0. The molecule has 2 rings (SSSR count). The summed E-state index contributed by atoms with van der Waals surface area (Å²) in [6.45, 7) is 2.96. The van der Waals surface area contributed by atoms with E-state index in [1.807, 2.05) is 30.3 Å². The number of nitrogens with one attached hydrogen (secondary N) is 3. The number of amides is 2. The van der Waals surface area contributed by atoms with Gasteiger partial charge in [0, 0.05) is 12.2 Å². The lowest BCUT2D eigenvalue weighted by Crippen LogP contribution is -2.34. The van der Waals surface area contributed by atoms with E-state index in [-0.39, 0.29) is 6.03 Å². The Bertz CT molecular complexity index is 361. The van der Waals surface area contributed by atoms with Gasteiger partial charge in [-0.25, -0.2) is 4.79 Å². The molecular formula is C14H21N3O. The van der Waals surface area contributed by atoms with E-state index in [2.05, 4.69) is 16.0 Å². The summed E-state index contributed by atoms with van der Waals surface area (Å²) in [5.74, 6) is 0.704. The highest BCUT2D eigenvalue weighted by atomic mass is 16.2. The first-order valence-corrected chi connectivity index (χ1v) is 6.65. The fourth-order valence-electron chi connectivity index (χ4n) is 2.26. The summed E-state index contributed by atoms with van der Waals surface area (Å²) in [6.07, 6.45) is 3.57. The van der Waals surface area contributed by atoms with Crippen LogP contribution < -0.4 is 16.0 Å². The summed E-state index contributed by atoms with van der Waals surface area (Å²) in [5, 5.41) is 9.10. The molecule has 1 atom stereocenters. The summed E-state index contributed by atoms with van der Waals surface area (Å²) in [6, 6.07) is 9.38. The SMILES string of the molecule is O=C(NCCC1CCCNC1)Nc1ccccc1. The number of hydrogen-bond donors (Lipinski definition) is 3. The molecule has 1 unspecified atom stereocenters. The van der Waals surface area contributed by atoms with Gasteiger partial charge in [0.05, 0.1) is 0 Å². The van der Waals surface area contributed by atoms with Gasteiger partial charge in [0.15, 0.2) is 0 Å². The van der Waals surface area contributed by atoms with Crippen molar-refractivity contribution in [1.82, 2.24) is 10.6 Å². The highest BCUT2D eigenvalue weighted by molar-refractivity contribution is 5.89. The molecule has 1 saturated heterocycles. The first-order chi connectivity index (χ1) is 8.84. The molecule has 1 aliphatic rings. The minimum absolute atomic E-state index is 0.120. The molecule has 0 aromatic heterocycles. The van der Waals surface area contributed by atoms with Crippen molar-refractivity contribution in [2.24, 2.45) is 5.92 Å². The minimum Gasteiger partial charge on any atom is -0.338 e. The van der Waals surface area contributed by atoms with Gasteiger partial charge < -0.3 is 16.0 Å². The zero-order valence-electron chi connectivity index (χ0n) is 10.6. The molecule has 1 fully saturated rings. The molecule has 2 amide bonds. The van der Waals surface area contributed by atoms with Gasteiger partial charge in [-0.05, 0) is 50.4 Å². The number of benzene rings is 1. The molecule has 0 bridgehead atoms. The molecule has 18 heavy (non-hydrogen) atoms. The number of urea groups is 1. The average molecular weight is 247 g/mol. The van der Waals surface area contributed by atoms with E-state index >= 15 is 0 Å². The summed E-state index contributed by atoms with van der Waals surface area (Å²) in [5.41, 5.74) is 0.828. The predicted octanol–water partition coefficient (Wildman–Crippen LogP) is 2.20. The zero-order chi connectivity index (χ0) is 12.6. The predicted molar refractivity (Wildman–Crippen MR) is 73.7 cm³/mol. The topological polar surface area (TPSA) is 53.2 Å². The first-order valence-electron chi connectivity index (χ1n) is 6.65. The van der Waals surface area contributed by atoms with E-state index < -0.39 is 0 Å². The molecular weight excluding hydrogens is 226 g/mol. The van der Waals surface area contributed by atoms with Crippen LogP contribution in [0, 0.1) is 5.92 Å². The Morgan fingerprint density at radius 1 is 1.33 bits per heavy atom. The van der Waals surface area contributed by atoms with Gasteiger partial charge in [0.1, 0.15) is 0 Å². The molecule has 4 heteroatoms. The maximum Gasteiger partial charge on any atom is 0.319 e. The van der Waals surface area contributed by atoms with Crippen LogP contribution in [0.2, 0.25) is 0 Å². The maximum absolute atomic E-state index is 11.6. The summed E-state index contributed by atoms with van der Waals surface area (Å²) in [4.78, 5) is 11.6. The van der Waals surface area contributed by atoms with Gasteiger partial charge in [-0.3, -0.25) is 0 Å². The Balaban J connectivity index is 1.62. The second-order valence-corrected chi connectivity index (χ2v) is 4.75. The molecule has 0 radical (unpaired) electrons. The number of rotatable bonds is 4. The van der Waals surface area contributed by atoms with Gasteiger partial charge in [-0.2, -0.15) is 0 Å². The molecule has 4 nitrogen and oxygen atoms in total. The van der Waals surface area contributed by atoms with Crippen LogP contribution in [-0.2, 0) is 0 Å². The quantitative estimate of drug-likeness (QED) is 0.764.